The molecule has 0 aliphatic carbocycles. The monoisotopic (exact) mass is 385 g/mol. The summed E-state index contributed by atoms with van der Waals surface area (Å²) in [6.07, 6.45) is -8.30. The molecular weight excluding hydrogens is 367 g/mol. The number of amides is 1. The molecule has 0 bridgehead atoms. The highest BCUT2D eigenvalue weighted by atomic mass is 19.4. The fourth-order valence-electron chi connectivity index (χ4n) is 1.52. The van der Waals surface area contributed by atoms with Crippen molar-refractivity contribution in [3.05, 3.63) is 11.8 Å². The van der Waals surface area contributed by atoms with E-state index in [0.29, 0.717) is 0 Å². The summed E-state index contributed by atoms with van der Waals surface area (Å²) >= 11 is 0. The molecule has 0 fully saturated rings. The van der Waals surface area contributed by atoms with Crippen LogP contribution in [0.15, 0.2) is 11.8 Å². The van der Waals surface area contributed by atoms with Crippen molar-refractivity contribution >= 4 is 23.8 Å². The number of alkyl halides is 3. The van der Waals surface area contributed by atoms with E-state index in [1.165, 1.54) is 5.32 Å². The van der Waals surface area contributed by atoms with E-state index in [1.54, 1.807) is 0 Å². The van der Waals surface area contributed by atoms with Gasteiger partial charge in [0.15, 0.2) is 0 Å². The molecule has 0 aromatic carbocycles. The van der Waals surface area contributed by atoms with Gasteiger partial charge in [-0.1, -0.05) is 0 Å². The molecule has 1 amide bonds. The number of carbonyl (C=O) groups excluding carboxylic acids is 4. The highest BCUT2D eigenvalue weighted by Gasteiger charge is 2.40. The van der Waals surface area contributed by atoms with Crippen molar-refractivity contribution in [2.75, 3.05) is 6.61 Å². The molecule has 0 heterocycles. The van der Waals surface area contributed by atoms with Crippen molar-refractivity contribution in [1.82, 2.24) is 5.32 Å². The summed E-state index contributed by atoms with van der Waals surface area (Å²) in [5.41, 5.74) is -0.878. The van der Waals surface area contributed by atoms with Gasteiger partial charge < -0.3 is 24.6 Å². The average molecular weight is 385 g/mol. The number of carbonyl (C=O) groups is 4. The second kappa shape index (κ2) is 10.4. The maximum atomic E-state index is 12.4. The predicted molar refractivity (Wildman–Crippen MR) is 76.9 cm³/mol. The number of esters is 3. The standard InChI is InChI=1S/C14H18F3NO8/c1-7(19)24-5-4-10(25-8(2)20)6-11(12(22)26-9(3)21)18-13(23)14(15,16)17/h6,10,12,22H,4-5H2,1-3H3,(H,18,23)/b11-6+/t10-,12-/m0/s1. The molecule has 0 unspecified atom stereocenters. The van der Waals surface area contributed by atoms with Crippen LogP contribution >= 0.6 is 0 Å². The van der Waals surface area contributed by atoms with Crippen molar-refractivity contribution in [2.45, 2.75) is 45.8 Å². The van der Waals surface area contributed by atoms with Crippen molar-refractivity contribution in [2.24, 2.45) is 0 Å². The number of aliphatic hydroxyl groups is 1. The van der Waals surface area contributed by atoms with Gasteiger partial charge in [-0.05, 0) is 6.08 Å². The van der Waals surface area contributed by atoms with Gasteiger partial charge in [-0.25, -0.2) is 0 Å². The largest absolute Gasteiger partial charge is 0.471 e. The molecule has 0 aliphatic rings. The van der Waals surface area contributed by atoms with Crippen LogP contribution in [-0.2, 0) is 33.4 Å². The van der Waals surface area contributed by atoms with Crippen molar-refractivity contribution < 1.29 is 51.7 Å². The first kappa shape index (κ1) is 23.4. The van der Waals surface area contributed by atoms with Crippen LogP contribution in [0, 0.1) is 0 Å². The van der Waals surface area contributed by atoms with E-state index in [4.69, 9.17) is 4.74 Å². The Morgan fingerprint density at radius 2 is 1.58 bits per heavy atom. The Hall–Kier alpha value is -2.63. The van der Waals surface area contributed by atoms with Crippen LogP contribution in [0.3, 0.4) is 0 Å². The van der Waals surface area contributed by atoms with Gasteiger partial charge in [0.2, 0.25) is 6.29 Å². The van der Waals surface area contributed by atoms with Crippen molar-refractivity contribution in [1.29, 1.82) is 0 Å². The highest BCUT2D eigenvalue weighted by molar-refractivity contribution is 5.83. The lowest BCUT2D eigenvalue weighted by Gasteiger charge is -2.20. The van der Waals surface area contributed by atoms with Crippen LogP contribution in [0.25, 0.3) is 0 Å². The lowest BCUT2D eigenvalue weighted by Crippen LogP contribution is -2.41. The Morgan fingerprint density at radius 3 is 2.00 bits per heavy atom. The van der Waals surface area contributed by atoms with Gasteiger partial charge in [-0.3, -0.25) is 19.2 Å². The lowest BCUT2D eigenvalue weighted by molar-refractivity contribution is -0.175. The van der Waals surface area contributed by atoms with Gasteiger partial charge in [0.1, 0.15) is 6.10 Å². The van der Waals surface area contributed by atoms with E-state index < -0.39 is 48.1 Å². The predicted octanol–water partition coefficient (Wildman–Crippen LogP) is 0.315. The summed E-state index contributed by atoms with van der Waals surface area (Å²) in [7, 11) is 0. The molecule has 12 heteroatoms. The van der Waals surface area contributed by atoms with E-state index >= 15 is 0 Å². The molecule has 2 atom stereocenters. The maximum Gasteiger partial charge on any atom is 0.471 e. The molecule has 0 aromatic heterocycles. The van der Waals surface area contributed by atoms with Gasteiger partial charge in [0.05, 0.1) is 12.3 Å². The topological polar surface area (TPSA) is 128 Å². The third-order valence-corrected chi connectivity index (χ3v) is 2.45. The Kier molecular flexibility index (Phi) is 9.33. The van der Waals surface area contributed by atoms with Gasteiger partial charge in [0.25, 0.3) is 0 Å². The number of hydrogen-bond acceptors (Lipinski definition) is 8. The molecular formula is C14H18F3NO8. The number of hydrogen-bond donors (Lipinski definition) is 2. The summed E-state index contributed by atoms with van der Waals surface area (Å²) in [5.74, 6) is -4.98. The molecule has 0 radical (unpaired) electrons. The average Bonchev–Trinajstić information content (AvgIpc) is 2.43. The minimum Gasteiger partial charge on any atom is -0.466 e. The molecule has 0 saturated heterocycles. The molecule has 148 valence electrons. The number of rotatable bonds is 8. The molecule has 26 heavy (non-hydrogen) atoms. The molecule has 0 aliphatic heterocycles. The molecule has 0 aromatic rings. The van der Waals surface area contributed by atoms with Crippen LogP contribution < -0.4 is 5.32 Å². The summed E-state index contributed by atoms with van der Waals surface area (Å²) in [6.45, 7) is 2.71. The lowest BCUT2D eigenvalue weighted by atomic mass is 10.2. The maximum absolute atomic E-state index is 12.4. The van der Waals surface area contributed by atoms with E-state index in [0.717, 1.165) is 26.8 Å². The molecule has 0 saturated carbocycles. The third-order valence-electron chi connectivity index (χ3n) is 2.45. The quantitative estimate of drug-likeness (QED) is 0.347. The van der Waals surface area contributed by atoms with Crippen LogP contribution in [0.4, 0.5) is 13.2 Å². The Bertz CT molecular complexity index is 573. The third kappa shape index (κ3) is 10.3. The molecule has 0 rings (SSSR count). The second-order valence-electron chi connectivity index (χ2n) is 4.81. The highest BCUT2D eigenvalue weighted by Crippen LogP contribution is 2.17. The van der Waals surface area contributed by atoms with E-state index in [1.807, 2.05) is 0 Å². The fourth-order valence-corrected chi connectivity index (χ4v) is 1.52. The molecule has 0 spiro atoms. The van der Waals surface area contributed by atoms with Gasteiger partial charge in [0, 0.05) is 27.2 Å². The van der Waals surface area contributed by atoms with Crippen LogP contribution in [-0.4, -0.2) is 54.1 Å². The minimum atomic E-state index is -5.29. The van der Waals surface area contributed by atoms with Gasteiger partial charge >= 0.3 is 30.0 Å². The van der Waals surface area contributed by atoms with E-state index in [9.17, 15) is 37.5 Å². The summed E-state index contributed by atoms with van der Waals surface area (Å²) in [5, 5.41) is 11.0. The van der Waals surface area contributed by atoms with E-state index in [-0.39, 0.29) is 13.0 Å². The summed E-state index contributed by atoms with van der Waals surface area (Å²) in [4.78, 5) is 43.7. The van der Waals surface area contributed by atoms with Crippen molar-refractivity contribution in [3.63, 3.8) is 0 Å². The first-order chi connectivity index (χ1) is 11.8. The van der Waals surface area contributed by atoms with Crippen molar-refractivity contribution in [3.8, 4) is 0 Å². The van der Waals surface area contributed by atoms with Crippen LogP contribution in [0.5, 0.6) is 0 Å². The summed E-state index contributed by atoms with van der Waals surface area (Å²) in [6, 6.07) is 0. The SMILES string of the molecule is CC(=O)OCC[C@@H](/C=C(/NC(=O)C(F)(F)F)[C@@H](O)OC(C)=O)OC(C)=O. The smallest absolute Gasteiger partial charge is 0.466 e. The Morgan fingerprint density at radius 1 is 1.04 bits per heavy atom. The van der Waals surface area contributed by atoms with Crippen LogP contribution in [0.2, 0.25) is 0 Å². The van der Waals surface area contributed by atoms with E-state index in [2.05, 4.69) is 9.47 Å². The number of halogens is 3. The Labute approximate surface area is 146 Å². The number of nitrogens with one attached hydrogen (secondary N) is 1. The molecule has 9 nitrogen and oxygen atoms in total. The van der Waals surface area contributed by atoms with Crippen LogP contribution in [0.1, 0.15) is 27.2 Å². The fraction of sp³-hybridized carbons (Fsp3) is 0.571. The number of aliphatic hydroxyl groups excluding tert-OH is 1. The first-order valence-corrected chi connectivity index (χ1v) is 7.08. The zero-order valence-electron chi connectivity index (χ0n) is 14.1. The number of ether oxygens (including phenoxy) is 3. The zero-order valence-corrected chi connectivity index (χ0v) is 14.1. The Balaban J connectivity index is 5.49. The minimum absolute atomic E-state index is 0.197. The van der Waals surface area contributed by atoms with Gasteiger partial charge in [-0.2, -0.15) is 13.2 Å². The second-order valence-corrected chi connectivity index (χ2v) is 4.81. The summed E-state index contributed by atoms with van der Waals surface area (Å²) < 4.78 is 50.9. The zero-order chi connectivity index (χ0) is 20.5. The van der Waals surface area contributed by atoms with Gasteiger partial charge in [-0.15, -0.1) is 0 Å². The normalized spacial score (nSPS) is 14.0. The first-order valence-electron chi connectivity index (χ1n) is 7.08. The molecule has 2 N–H and O–H groups in total.